The maximum absolute atomic E-state index is 13.3. The van der Waals surface area contributed by atoms with Crippen LogP contribution in [0.5, 0.6) is 0 Å². The van der Waals surface area contributed by atoms with Crippen molar-refractivity contribution < 1.29 is 23.9 Å². The summed E-state index contributed by atoms with van der Waals surface area (Å²) in [4.78, 5) is 39.4. The third-order valence-corrected chi connectivity index (χ3v) is 4.58. The highest BCUT2D eigenvalue weighted by molar-refractivity contribution is 5.94. The first-order valence-electron chi connectivity index (χ1n) is 8.59. The van der Waals surface area contributed by atoms with Crippen molar-refractivity contribution in [3.63, 3.8) is 0 Å². The molecule has 1 saturated heterocycles. The topological polar surface area (TPSA) is 77.9 Å². The molecule has 0 bridgehead atoms. The van der Waals surface area contributed by atoms with Gasteiger partial charge in [-0.2, -0.15) is 0 Å². The third kappa shape index (κ3) is 4.31. The molecular weight excluding hydrogens is 351 g/mol. The number of hydrogen-bond donors (Lipinski definition) is 1. The smallest absolute Gasteiger partial charge is 0.335 e. The number of aromatic carboxylic acids is 1. The van der Waals surface area contributed by atoms with Crippen molar-refractivity contribution in [3.8, 4) is 0 Å². The number of benzene rings is 2. The van der Waals surface area contributed by atoms with E-state index in [0.29, 0.717) is 31.7 Å². The molecule has 0 aromatic heterocycles. The minimum absolute atomic E-state index is 0.000314. The van der Waals surface area contributed by atoms with Crippen LogP contribution < -0.4 is 0 Å². The van der Waals surface area contributed by atoms with Crippen LogP contribution >= 0.6 is 0 Å². The van der Waals surface area contributed by atoms with Gasteiger partial charge in [0.15, 0.2) is 0 Å². The maximum atomic E-state index is 13.3. The number of halogens is 1. The quantitative estimate of drug-likeness (QED) is 0.894. The van der Waals surface area contributed by atoms with Crippen LogP contribution in [0, 0.1) is 5.82 Å². The summed E-state index contributed by atoms with van der Waals surface area (Å²) in [6.45, 7) is 1.41. The number of carboxylic acid groups (broad SMARTS) is 1. The van der Waals surface area contributed by atoms with E-state index in [-0.39, 0.29) is 29.4 Å². The van der Waals surface area contributed by atoms with Gasteiger partial charge in [-0.1, -0.05) is 24.3 Å². The second-order valence-corrected chi connectivity index (χ2v) is 6.32. The van der Waals surface area contributed by atoms with E-state index in [9.17, 15) is 23.9 Å². The van der Waals surface area contributed by atoms with Crippen molar-refractivity contribution in [2.24, 2.45) is 0 Å². The third-order valence-electron chi connectivity index (χ3n) is 4.58. The van der Waals surface area contributed by atoms with E-state index in [1.807, 2.05) is 0 Å². The van der Waals surface area contributed by atoms with Crippen molar-refractivity contribution in [1.82, 2.24) is 9.80 Å². The maximum Gasteiger partial charge on any atom is 0.335 e. The molecule has 27 heavy (non-hydrogen) atoms. The van der Waals surface area contributed by atoms with Crippen molar-refractivity contribution >= 4 is 17.8 Å². The largest absolute Gasteiger partial charge is 0.478 e. The van der Waals surface area contributed by atoms with Gasteiger partial charge in [-0.05, 0) is 29.8 Å². The molecule has 0 atom stereocenters. The summed E-state index contributed by atoms with van der Waals surface area (Å²) in [5, 5.41) is 9.22. The van der Waals surface area contributed by atoms with Gasteiger partial charge in [0.05, 0.1) is 12.0 Å². The molecule has 0 saturated carbocycles. The number of nitrogens with zero attached hydrogens (tertiary/aromatic N) is 2. The second kappa shape index (κ2) is 7.99. The Kier molecular flexibility index (Phi) is 5.49. The number of hydrogen-bond acceptors (Lipinski definition) is 3. The Morgan fingerprint density at radius 3 is 2.26 bits per heavy atom. The molecule has 1 aliphatic rings. The van der Waals surface area contributed by atoms with Crippen LogP contribution in [0.1, 0.15) is 26.3 Å². The van der Waals surface area contributed by atoms with E-state index < -0.39 is 11.8 Å². The molecule has 7 heteroatoms. The molecule has 1 heterocycles. The Labute approximate surface area is 155 Å². The van der Waals surface area contributed by atoms with Crippen LogP contribution in [0.15, 0.2) is 48.5 Å². The Morgan fingerprint density at radius 2 is 1.59 bits per heavy atom. The highest BCUT2D eigenvalue weighted by Crippen LogP contribution is 2.14. The summed E-state index contributed by atoms with van der Waals surface area (Å²) in [5.41, 5.74) is 0.865. The van der Waals surface area contributed by atoms with E-state index in [2.05, 4.69) is 0 Å². The first kappa shape index (κ1) is 18.6. The fourth-order valence-corrected chi connectivity index (χ4v) is 3.12. The van der Waals surface area contributed by atoms with Crippen LogP contribution in [0.3, 0.4) is 0 Å². The lowest BCUT2D eigenvalue weighted by atomic mass is 10.0. The summed E-state index contributed by atoms with van der Waals surface area (Å²) in [6, 6.07) is 11.9. The van der Waals surface area contributed by atoms with Gasteiger partial charge in [0.1, 0.15) is 5.82 Å². The molecule has 0 spiro atoms. The number of piperazine rings is 1. The molecule has 3 rings (SSSR count). The summed E-state index contributed by atoms with van der Waals surface area (Å²) in [5.74, 6) is -1.98. The Bertz CT molecular complexity index is 876. The predicted octanol–water partition coefficient (Wildman–Crippen LogP) is 2.05. The van der Waals surface area contributed by atoms with Crippen LogP contribution in [0.4, 0.5) is 4.39 Å². The van der Waals surface area contributed by atoms with Gasteiger partial charge in [-0.3, -0.25) is 9.59 Å². The van der Waals surface area contributed by atoms with Gasteiger partial charge < -0.3 is 14.9 Å². The fourth-order valence-electron chi connectivity index (χ4n) is 3.12. The zero-order valence-electron chi connectivity index (χ0n) is 14.6. The number of carboxylic acids is 1. The molecule has 0 unspecified atom stereocenters. The summed E-state index contributed by atoms with van der Waals surface area (Å²) >= 11 is 0. The Morgan fingerprint density at radius 1 is 0.926 bits per heavy atom. The Hall–Kier alpha value is -3.22. The minimum atomic E-state index is -1.07. The van der Waals surface area contributed by atoms with Crippen molar-refractivity contribution in [2.75, 3.05) is 26.2 Å². The zero-order chi connectivity index (χ0) is 19.4. The predicted molar refractivity (Wildman–Crippen MR) is 96.0 cm³/mol. The molecule has 2 amide bonds. The molecule has 0 aliphatic carbocycles. The molecular formula is C20H19FN2O4. The average molecular weight is 370 g/mol. The van der Waals surface area contributed by atoms with Crippen molar-refractivity contribution in [2.45, 2.75) is 6.42 Å². The van der Waals surface area contributed by atoms with Gasteiger partial charge in [-0.15, -0.1) is 0 Å². The number of amides is 2. The van der Waals surface area contributed by atoms with Gasteiger partial charge in [0.25, 0.3) is 5.91 Å². The van der Waals surface area contributed by atoms with E-state index >= 15 is 0 Å². The van der Waals surface area contributed by atoms with Gasteiger partial charge in [0.2, 0.25) is 5.91 Å². The monoisotopic (exact) mass is 370 g/mol. The van der Waals surface area contributed by atoms with E-state index in [1.54, 1.807) is 34.1 Å². The van der Waals surface area contributed by atoms with Crippen LogP contribution in [0.2, 0.25) is 0 Å². The molecule has 0 radical (unpaired) electrons. The highest BCUT2D eigenvalue weighted by Gasteiger charge is 2.25. The molecule has 2 aromatic carbocycles. The Balaban J connectivity index is 1.60. The summed E-state index contributed by atoms with van der Waals surface area (Å²) in [7, 11) is 0. The lowest BCUT2D eigenvalue weighted by molar-refractivity contribution is -0.131. The number of rotatable bonds is 4. The molecule has 140 valence electrons. The van der Waals surface area contributed by atoms with E-state index in [0.717, 1.165) is 0 Å². The van der Waals surface area contributed by atoms with Gasteiger partial charge in [0, 0.05) is 31.7 Å². The SMILES string of the molecule is O=C(O)c1ccccc1CC(=O)N1CCN(C(=O)c2cccc(F)c2)CC1. The molecule has 1 N–H and O–H groups in total. The number of carbonyl (C=O) groups excluding carboxylic acids is 2. The molecule has 2 aromatic rings. The lowest BCUT2D eigenvalue weighted by Crippen LogP contribution is -2.51. The highest BCUT2D eigenvalue weighted by atomic mass is 19.1. The van der Waals surface area contributed by atoms with Gasteiger partial charge >= 0.3 is 5.97 Å². The lowest BCUT2D eigenvalue weighted by Gasteiger charge is -2.35. The second-order valence-electron chi connectivity index (χ2n) is 6.32. The average Bonchev–Trinajstić information content (AvgIpc) is 2.67. The van der Waals surface area contributed by atoms with E-state index in [1.165, 1.54) is 24.3 Å². The molecule has 1 aliphatic heterocycles. The first-order valence-corrected chi connectivity index (χ1v) is 8.59. The molecule has 6 nitrogen and oxygen atoms in total. The van der Waals surface area contributed by atoms with Gasteiger partial charge in [-0.25, -0.2) is 9.18 Å². The van der Waals surface area contributed by atoms with Crippen molar-refractivity contribution in [1.29, 1.82) is 0 Å². The van der Waals surface area contributed by atoms with Crippen molar-refractivity contribution in [3.05, 3.63) is 71.0 Å². The van der Waals surface area contributed by atoms with Crippen LogP contribution in [-0.4, -0.2) is 58.9 Å². The summed E-state index contributed by atoms with van der Waals surface area (Å²) < 4.78 is 13.3. The fraction of sp³-hybridized carbons (Fsp3) is 0.250. The molecule has 1 fully saturated rings. The standard InChI is InChI=1S/C20H19FN2O4/c21-16-6-3-5-15(12-16)19(25)23-10-8-22(9-11-23)18(24)13-14-4-1-2-7-17(14)20(26)27/h1-7,12H,8-11,13H2,(H,26,27). The first-order chi connectivity index (χ1) is 13.0. The summed E-state index contributed by atoms with van der Waals surface area (Å²) in [6.07, 6.45) is 0.000314. The normalized spacial score (nSPS) is 14.1. The zero-order valence-corrected chi connectivity index (χ0v) is 14.6. The van der Waals surface area contributed by atoms with Crippen LogP contribution in [0.25, 0.3) is 0 Å². The van der Waals surface area contributed by atoms with E-state index in [4.69, 9.17) is 0 Å². The number of carbonyl (C=O) groups is 3. The van der Waals surface area contributed by atoms with Crippen LogP contribution in [-0.2, 0) is 11.2 Å². The minimum Gasteiger partial charge on any atom is -0.478 e.